The predicted octanol–water partition coefficient (Wildman–Crippen LogP) is 2.28. The van der Waals surface area contributed by atoms with Crippen LogP contribution in [0.1, 0.15) is 36.5 Å². The normalized spacial score (nSPS) is 15.0. The fraction of sp³-hybridized carbons (Fsp3) is 0.538. The zero-order valence-corrected chi connectivity index (χ0v) is 9.75. The number of aliphatic hydroxyl groups is 2. The van der Waals surface area contributed by atoms with Gasteiger partial charge in [0.15, 0.2) is 0 Å². The first-order valence-electron chi connectivity index (χ1n) is 5.38. The molecule has 1 aromatic rings. The van der Waals surface area contributed by atoms with Gasteiger partial charge in [-0.3, -0.25) is 0 Å². The summed E-state index contributed by atoms with van der Waals surface area (Å²) in [7, 11) is 0. The SMILES string of the molecule is Cc1ccc(C(C)(O)CCCO)c(C)c1. The van der Waals surface area contributed by atoms with Crippen LogP contribution >= 0.6 is 0 Å². The summed E-state index contributed by atoms with van der Waals surface area (Å²) in [6, 6.07) is 6.06. The molecule has 0 aliphatic rings. The van der Waals surface area contributed by atoms with Gasteiger partial charge < -0.3 is 10.2 Å². The Labute approximate surface area is 91.6 Å². The third-order valence-corrected chi connectivity index (χ3v) is 2.78. The summed E-state index contributed by atoms with van der Waals surface area (Å²) in [5.74, 6) is 0. The second-order valence-corrected chi connectivity index (χ2v) is 4.42. The van der Waals surface area contributed by atoms with Gasteiger partial charge in [0.25, 0.3) is 0 Å². The molecule has 0 fully saturated rings. The van der Waals surface area contributed by atoms with Crippen LogP contribution in [-0.4, -0.2) is 16.8 Å². The van der Waals surface area contributed by atoms with Gasteiger partial charge in [0.1, 0.15) is 0 Å². The van der Waals surface area contributed by atoms with Gasteiger partial charge in [0.2, 0.25) is 0 Å². The minimum atomic E-state index is -0.833. The van der Waals surface area contributed by atoms with Crippen molar-refractivity contribution in [2.24, 2.45) is 0 Å². The Morgan fingerprint density at radius 1 is 1.27 bits per heavy atom. The Bertz CT molecular complexity index is 329. The number of rotatable bonds is 4. The van der Waals surface area contributed by atoms with Crippen molar-refractivity contribution in [2.45, 2.75) is 39.2 Å². The van der Waals surface area contributed by atoms with Crippen molar-refractivity contribution in [3.8, 4) is 0 Å². The van der Waals surface area contributed by atoms with Gasteiger partial charge in [-0.2, -0.15) is 0 Å². The van der Waals surface area contributed by atoms with E-state index in [4.69, 9.17) is 5.11 Å². The van der Waals surface area contributed by atoms with Crippen molar-refractivity contribution in [1.29, 1.82) is 0 Å². The lowest BCUT2D eigenvalue weighted by Gasteiger charge is -2.25. The fourth-order valence-corrected chi connectivity index (χ4v) is 1.98. The topological polar surface area (TPSA) is 40.5 Å². The molecule has 0 aliphatic heterocycles. The Balaban J connectivity index is 2.93. The minimum absolute atomic E-state index is 0.126. The highest BCUT2D eigenvalue weighted by Gasteiger charge is 2.23. The van der Waals surface area contributed by atoms with Crippen LogP contribution in [0, 0.1) is 13.8 Å². The van der Waals surface area contributed by atoms with Gasteiger partial charge in [-0.25, -0.2) is 0 Å². The molecule has 1 atom stereocenters. The lowest BCUT2D eigenvalue weighted by molar-refractivity contribution is 0.0397. The molecule has 0 amide bonds. The summed E-state index contributed by atoms with van der Waals surface area (Å²) in [6.07, 6.45) is 1.22. The zero-order valence-electron chi connectivity index (χ0n) is 9.75. The first-order valence-corrected chi connectivity index (χ1v) is 5.38. The molecule has 0 spiro atoms. The smallest absolute Gasteiger partial charge is 0.0871 e. The molecule has 1 aromatic carbocycles. The highest BCUT2D eigenvalue weighted by Crippen LogP contribution is 2.28. The molecule has 0 aliphatic carbocycles. The van der Waals surface area contributed by atoms with E-state index >= 15 is 0 Å². The van der Waals surface area contributed by atoms with Crippen LogP contribution in [0.15, 0.2) is 18.2 Å². The summed E-state index contributed by atoms with van der Waals surface area (Å²) < 4.78 is 0. The third kappa shape index (κ3) is 3.05. The van der Waals surface area contributed by atoms with Crippen molar-refractivity contribution in [3.05, 3.63) is 34.9 Å². The van der Waals surface area contributed by atoms with Crippen LogP contribution in [0.5, 0.6) is 0 Å². The highest BCUT2D eigenvalue weighted by atomic mass is 16.3. The standard InChI is InChI=1S/C13H20O2/c1-10-5-6-12(11(2)9-10)13(3,15)7-4-8-14/h5-6,9,14-15H,4,7-8H2,1-3H3. The monoisotopic (exact) mass is 208 g/mol. The van der Waals surface area contributed by atoms with Crippen molar-refractivity contribution in [3.63, 3.8) is 0 Å². The summed E-state index contributed by atoms with van der Waals surface area (Å²) >= 11 is 0. The molecule has 2 heteroatoms. The number of aryl methyl sites for hydroxylation is 2. The van der Waals surface area contributed by atoms with Gasteiger partial charge in [0, 0.05) is 6.61 Å². The summed E-state index contributed by atoms with van der Waals surface area (Å²) in [6.45, 7) is 5.98. The van der Waals surface area contributed by atoms with Crippen molar-refractivity contribution in [1.82, 2.24) is 0 Å². The molecule has 1 rings (SSSR count). The fourth-order valence-electron chi connectivity index (χ4n) is 1.98. The average Bonchev–Trinajstić information content (AvgIpc) is 2.14. The largest absolute Gasteiger partial charge is 0.396 e. The molecular weight excluding hydrogens is 188 g/mol. The van der Waals surface area contributed by atoms with E-state index in [0.29, 0.717) is 12.8 Å². The van der Waals surface area contributed by atoms with E-state index in [-0.39, 0.29) is 6.61 Å². The third-order valence-electron chi connectivity index (χ3n) is 2.78. The molecule has 0 heterocycles. The molecule has 0 bridgehead atoms. The molecule has 0 saturated carbocycles. The lowest BCUT2D eigenvalue weighted by atomic mass is 9.87. The maximum absolute atomic E-state index is 10.3. The Hall–Kier alpha value is -0.860. The van der Waals surface area contributed by atoms with E-state index in [1.807, 2.05) is 26.0 Å². The van der Waals surface area contributed by atoms with Crippen LogP contribution in [0.2, 0.25) is 0 Å². The molecule has 0 aromatic heterocycles. The van der Waals surface area contributed by atoms with E-state index in [0.717, 1.165) is 11.1 Å². The number of benzene rings is 1. The Morgan fingerprint density at radius 2 is 1.93 bits per heavy atom. The summed E-state index contributed by atoms with van der Waals surface area (Å²) in [5.41, 5.74) is 2.44. The van der Waals surface area contributed by atoms with E-state index in [1.54, 1.807) is 6.92 Å². The number of aliphatic hydroxyl groups excluding tert-OH is 1. The molecule has 0 saturated heterocycles. The average molecular weight is 208 g/mol. The van der Waals surface area contributed by atoms with E-state index in [2.05, 4.69) is 6.07 Å². The van der Waals surface area contributed by atoms with Gasteiger partial charge in [0.05, 0.1) is 5.60 Å². The van der Waals surface area contributed by atoms with Gasteiger partial charge >= 0.3 is 0 Å². The molecule has 15 heavy (non-hydrogen) atoms. The van der Waals surface area contributed by atoms with Crippen molar-refractivity contribution in [2.75, 3.05) is 6.61 Å². The number of hydrogen-bond donors (Lipinski definition) is 2. The first kappa shape index (κ1) is 12.2. The van der Waals surface area contributed by atoms with Crippen molar-refractivity contribution >= 4 is 0 Å². The Morgan fingerprint density at radius 3 is 2.47 bits per heavy atom. The highest BCUT2D eigenvalue weighted by molar-refractivity contribution is 5.34. The summed E-state index contributed by atoms with van der Waals surface area (Å²) in [4.78, 5) is 0. The van der Waals surface area contributed by atoms with Crippen LogP contribution in [0.25, 0.3) is 0 Å². The molecule has 0 radical (unpaired) electrons. The molecular formula is C13H20O2. The second-order valence-electron chi connectivity index (χ2n) is 4.42. The van der Waals surface area contributed by atoms with Crippen molar-refractivity contribution < 1.29 is 10.2 Å². The van der Waals surface area contributed by atoms with E-state index in [1.165, 1.54) is 5.56 Å². The molecule has 2 nitrogen and oxygen atoms in total. The quantitative estimate of drug-likeness (QED) is 0.797. The first-order chi connectivity index (χ1) is 6.97. The van der Waals surface area contributed by atoms with Crippen LogP contribution in [0.3, 0.4) is 0 Å². The van der Waals surface area contributed by atoms with Crippen LogP contribution in [0.4, 0.5) is 0 Å². The predicted molar refractivity (Wildman–Crippen MR) is 61.8 cm³/mol. The molecule has 2 N–H and O–H groups in total. The lowest BCUT2D eigenvalue weighted by Crippen LogP contribution is -2.22. The second kappa shape index (κ2) is 4.77. The van der Waals surface area contributed by atoms with Gasteiger partial charge in [-0.15, -0.1) is 0 Å². The van der Waals surface area contributed by atoms with E-state index < -0.39 is 5.60 Å². The Kier molecular flexibility index (Phi) is 3.89. The zero-order chi connectivity index (χ0) is 11.5. The van der Waals surface area contributed by atoms with Crippen LogP contribution < -0.4 is 0 Å². The van der Waals surface area contributed by atoms with Gasteiger partial charge in [-0.1, -0.05) is 23.8 Å². The maximum Gasteiger partial charge on any atom is 0.0871 e. The summed E-state index contributed by atoms with van der Waals surface area (Å²) in [5, 5.41) is 19.1. The maximum atomic E-state index is 10.3. The van der Waals surface area contributed by atoms with E-state index in [9.17, 15) is 5.11 Å². The van der Waals surface area contributed by atoms with Crippen LogP contribution in [-0.2, 0) is 5.60 Å². The van der Waals surface area contributed by atoms with Gasteiger partial charge in [-0.05, 0) is 44.7 Å². The molecule has 84 valence electrons. The number of hydrogen-bond acceptors (Lipinski definition) is 2. The minimum Gasteiger partial charge on any atom is -0.396 e. The molecule has 1 unspecified atom stereocenters.